The van der Waals surface area contributed by atoms with Crippen molar-refractivity contribution >= 4 is 5.97 Å². The Balaban J connectivity index is 2.27. The van der Waals surface area contributed by atoms with Crippen LogP contribution in [0.25, 0.3) is 0 Å². The van der Waals surface area contributed by atoms with E-state index < -0.39 is 23.6 Å². The van der Waals surface area contributed by atoms with Crippen LogP contribution in [-0.2, 0) is 4.79 Å². The van der Waals surface area contributed by atoms with E-state index >= 15 is 0 Å². The molecule has 1 N–H and O–H groups in total. The maximum atomic E-state index is 13.8. The van der Waals surface area contributed by atoms with Gasteiger partial charge in [0, 0.05) is 17.7 Å². The quantitative estimate of drug-likeness (QED) is 0.913. The molecule has 0 aliphatic carbocycles. The van der Waals surface area contributed by atoms with Gasteiger partial charge < -0.3 is 5.11 Å². The van der Waals surface area contributed by atoms with Gasteiger partial charge in [-0.15, -0.1) is 0 Å². The summed E-state index contributed by atoms with van der Waals surface area (Å²) in [5.41, 5.74) is 0.269. The molecule has 1 aromatic rings. The van der Waals surface area contributed by atoms with E-state index in [-0.39, 0.29) is 12.0 Å². The van der Waals surface area contributed by atoms with E-state index in [1.54, 1.807) is 0 Å². The third kappa shape index (κ3) is 3.50. The summed E-state index contributed by atoms with van der Waals surface area (Å²) in [7, 11) is 0. The molecule has 1 heterocycles. The molecule has 1 saturated heterocycles. The average Bonchev–Trinajstić information content (AvgIpc) is 2.37. The molecule has 0 aromatic heterocycles. The molecule has 104 valence electrons. The molecule has 2 rings (SSSR count). The maximum absolute atomic E-state index is 13.8. The number of carbonyl (C=O) groups is 1. The van der Waals surface area contributed by atoms with Gasteiger partial charge in [-0.05, 0) is 32.0 Å². The summed E-state index contributed by atoms with van der Waals surface area (Å²) in [5.74, 6) is -2.29. The second-order valence-corrected chi connectivity index (χ2v) is 4.88. The Morgan fingerprint density at radius 1 is 1.26 bits per heavy atom. The van der Waals surface area contributed by atoms with Crippen LogP contribution in [-0.4, -0.2) is 29.1 Å². The summed E-state index contributed by atoms with van der Waals surface area (Å²) < 4.78 is 26.8. The molecular weight excluding hydrogens is 252 g/mol. The van der Waals surface area contributed by atoms with Crippen molar-refractivity contribution in [3.05, 3.63) is 35.4 Å². The molecule has 0 radical (unpaired) electrons. The SMILES string of the molecule is O=C(O)CC(c1ccc(F)cc1F)N1CCCCC1. The lowest BCUT2D eigenvalue weighted by Gasteiger charge is -2.34. The third-order valence-electron chi connectivity index (χ3n) is 3.52. The first-order valence-electron chi connectivity index (χ1n) is 6.48. The van der Waals surface area contributed by atoms with Crippen molar-refractivity contribution < 1.29 is 18.7 Å². The maximum Gasteiger partial charge on any atom is 0.305 e. The second-order valence-electron chi connectivity index (χ2n) is 4.88. The molecule has 1 aliphatic heterocycles. The molecule has 1 unspecified atom stereocenters. The lowest BCUT2D eigenvalue weighted by molar-refractivity contribution is -0.138. The Morgan fingerprint density at radius 2 is 1.95 bits per heavy atom. The van der Waals surface area contributed by atoms with Crippen LogP contribution in [0.15, 0.2) is 18.2 Å². The molecule has 0 saturated carbocycles. The van der Waals surface area contributed by atoms with E-state index in [0.717, 1.165) is 38.4 Å². The highest BCUT2D eigenvalue weighted by Gasteiger charge is 2.26. The van der Waals surface area contributed by atoms with Gasteiger partial charge in [0.25, 0.3) is 0 Å². The highest BCUT2D eigenvalue weighted by molar-refractivity contribution is 5.68. The molecule has 0 amide bonds. The van der Waals surface area contributed by atoms with Crippen LogP contribution in [0.1, 0.15) is 37.3 Å². The van der Waals surface area contributed by atoms with Crippen molar-refractivity contribution in [3.8, 4) is 0 Å². The van der Waals surface area contributed by atoms with Gasteiger partial charge in [0.1, 0.15) is 11.6 Å². The van der Waals surface area contributed by atoms with Crippen LogP contribution in [0, 0.1) is 11.6 Å². The second kappa shape index (κ2) is 6.10. The fraction of sp³-hybridized carbons (Fsp3) is 0.500. The number of aliphatic carboxylic acids is 1. The van der Waals surface area contributed by atoms with E-state index in [9.17, 15) is 13.6 Å². The number of carboxylic acid groups (broad SMARTS) is 1. The van der Waals surface area contributed by atoms with Crippen molar-refractivity contribution in [2.75, 3.05) is 13.1 Å². The number of benzene rings is 1. The highest BCUT2D eigenvalue weighted by atomic mass is 19.1. The van der Waals surface area contributed by atoms with Crippen molar-refractivity contribution in [2.24, 2.45) is 0 Å². The minimum atomic E-state index is -0.973. The van der Waals surface area contributed by atoms with Gasteiger partial charge >= 0.3 is 5.97 Å². The summed E-state index contributed by atoms with van der Waals surface area (Å²) >= 11 is 0. The van der Waals surface area contributed by atoms with E-state index in [4.69, 9.17) is 5.11 Å². The summed E-state index contributed by atoms with van der Waals surface area (Å²) in [5, 5.41) is 9.00. The van der Waals surface area contributed by atoms with Crippen LogP contribution in [0.3, 0.4) is 0 Å². The normalized spacial score (nSPS) is 18.2. The zero-order valence-electron chi connectivity index (χ0n) is 10.6. The van der Waals surface area contributed by atoms with Gasteiger partial charge in [0.2, 0.25) is 0 Å². The molecule has 19 heavy (non-hydrogen) atoms. The zero-order valence-corrected chi connectivity index (χ0v) is 10.6. The number of likely N-dealkylation sites (tertiary alicyclic amines) is 1. The Hall–Kier alpha value is -1.49. The molecular formula is C14H17F2NO2. The first kappa shape index (κ1) is 13.9. The molecule has 3 nitrogen and oxygen atoms in total. The number of piperidine rings is 1. The molecule has 1 atom stereocenters. The minimum Gasteiger partial charge on any atom is -0.481 e. The monoisotopic (exact) mass is 269 g/mol. The first-order valence-corrected chi connectivity index (χ1v) is 6.48. The summed E-state index contributed by atoms with van der Waals surface area (Å²) in [6.45, 7) is 1.52. The van der Waals surface area contributed by atoms with E-state index in [1.165, 1.54) is 12.1 Å². The smallest absolute Gasteiger partial charge is 0.305 e. The van der Waals surface area contributed by atoms with E-state index in [2.05, 4.69) is 0 Å². The van der Waals surface area contributed by atoms with Gasteiger partial charge in [0.05, 0.1) is 6.42 Å². The van der Waals surface area contributed by atoms with Crippen LogP contribution >= 0.6 is 0 Å². The van der Waals surface area contributed by atoms with Gasteiger partial charge in [0.15, 0.2) is 0 Å². The number of nitrogens with zero attached hydrogens (tertiary/aromatic N) is 1. The van der Waals surface area contributed by atoms with Crippen LogP contribution in [0.5, 0.6) is 0 Å². The Bertz CT molecular complexity index is 459. The summed E-state index contributed by atoms with van der Waals surface area (Å²) in [4.78, 5) is 13.0. The third-order valence-corrected chi connectivity index (χ3v) is 3.52. The average molecular weight is 269 g/mol. The predicted octanol–water partition coefficient (Wildman–Crippen LogP) is 2.97. The molecule has 1 aromatic carbocycles. The largest absolute Gasteiger partial charge is 0.481 e. The van der Waals surface area contributed by atoms with Gasteiger partial charge in [-0.25, -0.2) is 8.78 Å². The molecule has 0 spiro atoms. The first-order chi connectivity index (χ1) is 9.08. The lowest BCUT2D eigenvalue weighted by atomic mass is 9.98. The highest BCUT2D eigenvalue weighted by Crippen LogP contribution is 2.29. The number of carboxylic acids is 1. The topological polar surface area (TPSA) is 40.5 Å². The fourth-order valence-electron chi connectivity index (χ4n) is 2.60. The van der Waals surface area contributed by atoms with Crippen molar-refractivity contribution in [2.45, 2.75) is 31.7 Å². The number of hydrogen-bond donors (Lipinski definition) is 1. The van der Waals surface area contributed by atoms with Crippen molar-refractivity contribution in [3.63, 3.8) is 0 Å². The van der Waals surface area contributed by atoms with Gasteiger partial charge in [-0.1, -0.05) is 12.5 Å². The fourth-order valence-corrected chi connectivity index (χ4v) is 2.60. The standard InChI is InChI=1S/C14H17F2NO2/c15-10-4-5-11(12(16)8-10)13(9-14(18)19)17-6-2-1-3-7-17/h4-5,8,13H,1-3,6-7,9H2,(H,18,19). The Kier molecular flexibility index (Phi) is 4.47. The number of hydrogen-bond acceptors (Lipinski definition) is 2. The van der Waals surface area contributed by atoms with Crippen molar-refractivity contribution in [1.82, 2.24) is 4.90 Å². The minimum absolute atomic E-state index is 0.164. The number of rotatable bonds is 4. The van der Waals surface area contributed by atoms with Crippen molar-refractivity contribution in [1.29, 1.82) is 0 Å². The number of halogens is 2. The summed E-state index contributed by atoms with van der Waals surface area (Å²) in [6, 6.07) is 2.83. The van der Waals surface area contributed by atoms with Gasteiger partial charge in [-0.2, -0.15) is 0 Å². The molecule has 1 aliphatic rings. The predicted molar refractivity (Wildman–Crippen MR) is 66.8 cm³/mol. The van der Waals surface area contributed by atoms with Crippen LogP contribution in [0.4, 0.5) is 8.78 Å². The molecule has 0 bridgehead atoms. The van der Waals surface area contributed by atoms with Crippen LogP contribution < -0.4 is 0 Å². The molecule has 5 heteroatoms. The van der Waals surface area contributed by atoms with Crippen LogP contribution in [0.2, 0.25) is 0 Å². The summed E-state index contributed by atoms with van der Waals surface area (Å²) in [6.07, 6.45) is 2.92. The Labute approximate surface area is 110 Å². The van der Waals surface area contributed by atoms with E-state index in [1.807, 2.05) is 4.90 Å². The zero-order chi connectivity index (χ0) is 13.8. The van der Waals surface area contributed by atoms with E-state index in [0.29, 0.717) is 0 Å². The molecule has 1 fully saturated rings. The Morgan fingerprint density at radius 3 is 2.53 bits per heavy atom. The lowest BCUT2D eigenvalue weighted by Crippen LogP contribution is -2.35. The van der Waals surface area contributed by atoms with Gasteiger partial charge in [-0.3, -0.25) is 9.69 Å².